The lowest BCUT2D eigenvalue weighted by atomic mass is 9.89. The van der Waals surface area contributed by atoms with Crippen LogP contribution in [0.25, 0.3) is 0 Å². The fourth-order valence-electron chi connectivity index (χ4n) is 2.89. The Labute approximate surface area is 109 Å². The molecule has 3 nitrogen and oxygen atoms in total. The molecule has 3 rings (SSSR count). The van der Waals surface area contributed by atoms with Crippen LogP contribution in [0.3, 0.4) is 0 Å². The highest BCUT2D eigenvalue weighted by Crippen LogP contribution is 2.37. The van der Waals surface area contributed by atoms with Crippen molar-refractivity contribution in [3.8, 4) is 0 Å². The van der Waals surface area contributed by atoms with E-state index in [9.17, 15) is 13.2 Å². The molecule has 1 saturated heterocycles. The molecule has 1 aliphatic carbocycles. The minimum Gasteiger partial charge on any atom is -0.370 e. The van der Waals surface area contributed by atoms with Gasteiger partial charge in [-0.25, -0.2) is 4.98 Å². The van der Waals surface area contributed by atoms with E-state index in [1.165, 1.54) is 0 Å². The summed E-state index contributed by atoms with van der Waals surface area (Å²) in [6, 6.07) is 0. The zero-order chi connectivity index (χ0) is 13.5. The number of alkyl halides is 3. The van der Waals surface area contributed by atoms with Crippen molar-refractivity contribution >= 4 is 0 Å². The minimum absolute atomic E-state index is 0.0263. The number of H-pyrrole nitrogens is 1. The second-order valence-corrected chi connectivity index (χ2v) is 5.38. The van der Waals surface area contributed by atoms with Crippen LogP contribution in [0.2, 0.25) is 0 Å². The van der Waals surface area contributed by atoms with Crippen molar-refractivity contribution in [2.24, 2.45) is 5.92 Å². The van der Waals surface area contributed by atoms with Gasteiger partial charge in [-0.2, -0.15) is 13.2 Å². The predicted octanol–water partition coefficient (Wildman–Crippen LogP) is 3.32. The van der Waals surface area contributed by atoms with E-state index in [0.29, 0.717) is 24.5 Å². The van der Waals surface area contributed by atoms with Crippen molar-refractivity contribution < 1.29 is 17.9 Å². The van der Waals surface area contributed by atoms with Crippen LogP contribution in [0, 0.1) is 5.92 Å². The van der Waals surface area contributed by atoms with Gasteiger partial charge in [0.2, 0.25) is 0 Å². The van der Waals surface area contributed by atoms with Gasteiger partial charge in [-0.05, 0) is 32.1 Å². The van der Waals surface area contributed by atoms with Crippen molar-refractivity contribution in [1.82, 2.24) is 9.97 Å². The molecular weight excluding hydrogens is 257 g/mol. The molecule has 1 N–H and O–H groups in total. The Bertz CT molecular complexity index is 449. The standard InChI is InChI=1S/C13H17F3N2O/c14-13(15,16)8-4-5-9-10(7-8)18-12(17-9)11-3-1-2-6-19-11/h8,11H,1-7H2,(H,17,18). The number of aryl methyl sites for hydroxylation is 1. The smallest absolute Gasteiger partial charge is 0.370 e. The van der Waals surface area contributed by atoms with Crippen LogP contribution in [0.4, 0.5) is 13.2 Å². The maximum atomic E-state index is 12.7. The Balaban J connectivity index is 1.77. The van der Waals surface area contributed by atoms with Gasteiger partial charge in [0.25, 0.3) is 0 Å². The second kappa shape index (κ2) is 4.81. The summed E-state index contributed by atoms with van der Waals surface area (Å²) in [5.74, 6) is -0.520. The molecule has 106 valence electrons. The number of hydrogen-bond donors (Lipinski definition) is 1. The lowest BCUT2D eigenvalue weighted by Crippen LogP contribution is -2.28. The second-order valence-electron chi connectivity index (χ2n) is 5.38. The monoisotopic (exact) mass is 274 g/mol. The van der Waals surface area contributed by atoms with E-state index >= 15 is 0 Å². The van der Waals surface area contributed by atoms with Crippen LogP contribution in [-0.4, -0.2) is 22.8 Å². The zero-order valence-corrected chi connectivity index (χ0v) is 10.6. The highest BCUT2D eigenvalue weighted by molar-refractivity contribution is 5.20. The number of nitrogens with zero attached hydrogens (tertiary/aromatic N) is 1. The van der Waals surface area contributed by atoms with Crippen LogP contribution >= 0.6 is 0 Å². The topological polar surface area (TPSA) is 37.9 Å². The molecule has 19 heavy (non-hydrogen) atoms. The molecule has 6 heteroatoms. The Hall–Kier alpha value is -1.04. The highest BCUT2D eigenvalue weighted by atomic mass is 19.4. The fourth-order valence-corrected chi connectivity index (χ4v) is 2.89. The molecule has 0 aromatic carbocycles. The molecule has 0 bridgehead atoms. The summed E-state index contributed by atoms with van der Waals surface area (Å²) in [6.45, 7) is 0.710. The van der Waals surface area contributed by atoms with Gasteiger partial charge in [-0.1, -0.05) is 0 Å². The van der Waals surface area contributed by atoms with E-state index in [0.717, 1.165) is 25.0 Å². The SMILES string of the molecule is FC(F)(F)C1CCc2nc(C3CCCCO3)[nH]c2C1. The van der Waals surface area contributed by atoms with Gasteiger partial charge in [0.05, 0.1) is 11.6 Å². The number of fused-ring (bicyclic) bond motifs is 1. The van der Waals surface area contributed by atoms with E-state index in [2.05, 4.69) is 9.97 Å². The summed E-state index contributed by atoms with van der Waals surface area (Å²) in [5, 5.41) is 0. The van der Waals surface area contributed by atoms with Crippen LogP contribution < -0.4 is 0 Å². The molecule has 2 atom stereocenters. The summed E-state index contributed by atoms with van der Waals surface area (Å²) < 4.78 is 43.8. The van der Waals surface area contributed by atoms with Crippen LogP contribution in [0.1, 0.15) is 49.0 Å². The summed E-state index contributed by atoms with van der Waals surface area (Å²) in [6.07, 6.45) is -0.565. The van der Waals surface area contributed by atoms with Crippen molar-refractivity contribution in [1.29, 1.82) is 0 Å². The molecular formula is C13H17F3N2O. The molecule has 1 aromatic heterocycles. The average Bonchev–Trinajstić information content (AvgIpc) is 2.81. The van der Waals surface area contributed by atoms with Gasteiger partial charge in [0.1, 0.15) is 11.9 Å². The first kappa shape index (κ1) is 13.0. The third kappa shape index (κ3) is 2.63. The van der Waals surface area contributed by atoms with E-state index in [1.54, 1.807) is 0 Å². The molecule has 2 heterocycles. The maximum absolute atomic E-state index is 12.7. The van der Waals surface area contributed by atoms with Gasteiger partial charge in [-0.3, -0.25) is 0 Å². The average molecular weight is 274 g/mol. The first-order chi connectivity index (χ1) is 9.04. The zero-order valence-electron chi connectivity index (χ0n) is 10.6. The number of rotatable bonds is 1. The molecule has 2 unspecified atom stereocenters. The van der Waals surface area contributed by atoms with Crippen LogP contribution in [-0.2, 0) is 17.6 Å². The Kier molecular flexibility index (Phi) is 3.28. The summed E-state index contributed by atoms with van der Waals surface area (Å²) >= 11 is 0. The van der Waals surface area contributed by atoms with Gasteiger partial charge in [0, 0.05) is 18.7 Å². The first-order valence-electron chi connectivity index (χ1n) is 6.80. The van der Waals surface area contributed by atoms with E-state index in [1.807, 2.05) is 0 Å². The number of halogens is 3. The van der Waals surface area contributed by atoms with Gasteiger partial charge in [0.15, 0.2) is 0 Å². The number of aromatic nitrogens is 2. The van der Waals surface area contributed by atoms with Gasteiger partial charge in [-0.15, -0.1) is 0 Å². The minimum atomic E-state index is -4.11. The molecule has 1 fully saturated rings. The third-order valence-electron chi connectivity index (χ3n) is 4.01. The number of ether oxygens (including phenoxy) is 1. The number of aromatic amines is 1. The molecule has 2 aliphatic rings. The van der Waals surface area contributed by atoms with Crippen LogP contribution in [0.15, 0.2) is 0 Å². The van der Waals surface area contributed by atoms with E-state index in [-0.39, 0.29) is 18.9 Å². The molecule has 1 aliphatic heterocycles. The molecule has 0 saturated carbocycles. The van der Waals surface area contributed by atoms with Gasteiger partial charge >= 0.3 is 6.18 Å². The Morgan fingerprint density at radius 3 is 2.74 bits per heavy atom. The molecule has 1 aromatic rings. The maximum Gasteiger partial charge on any atom is 0.392 e. The largest absolute Gasteiger partial charge is 0.392 e. The molecule has 0 amide bonds. The van der Waals surface area contributed by atoms with Crippen molar-refractivity contribution in [3.63, 3.8) is 0 Å². The Morgan fingerprint density at radius 1 is 1.21 bits per heavy atom. The normalized spacial score (nSPS) is 28.2. The van der Waals surface area contributed by atoms with E-state index in [4.69, 9.17) is 4.74 Å². The van der Waals surface area contributed by atoms with Crippen molar-refractivity contribution in [2.45, 2.75) is 50.8 Å². The predicted molar refractivity (Wildman–Crippen MR) is 62.7 cm³/mol. The lowest BCUT2D eigenvalue weighted by Gasteiger charge is -2.23. The summed E-state index contributed by atoms with van der Waals surface area (Å²) in [7, 11) is 0. The Morgan fingerprint density at radius 2 is 2.05 bits per heavy atom. The number of imidazole rings is 1. The molecule has 0 spiro atoms. The van der Waals surface area contributed by atoms with E-state index < -0.39 is 12.1 Å². The highest BCUT2D eigenvalue weighted by Gasteiger charge is 2.42. The van der Waals surface area contributed by atoms with Crippen LogP contribution in [0.5, 0.6) is 0 Å². The fraction of sp³-hybridized carbons (Fsp3) is 0.769. The van der Waals surface area contributed by atoms with Crippen molar-refractivity contribution in [2.75, 3.05) is 6.61 Å². The summed E-state index contributed by atoms with van der Waals surface area (Å²) in [4.78, 5) is 7.51. The van der Waals surface area contributed by atoms with Gasteiger partial charge < -0.3 is 9.72 Å². The first-order valence-corrected chi connectivity index (χ1v) is 6.80. The molecule has 0 radical (unpaired) electrons. The van der Waals surface area contributed by atoms with Crippen molar-refractivity contribution in [3.05, 3.63) is 17.2 Å². The lowest BCUT2D eigenvalue weighted by molar-refractivity contribution is -0.177. The third-order valence-corrected chi connectivity index (χ3v) is 4.01. The quantitative estimate of drug-likeness (QED) is 0.853. The summed E-state index contributed by atoms with van der Waals surface area (Å²) in [5.41, 5.74) is 1.45. The number of hydrogen-bond acceptors (Lipinski definition) is 2. The number of nitrogens with one attached hydrogen (secondary N) is 1.